The number of benzene rings is 1. The van der Waals surface area contributed by atoms with Gasteiger partial charge in [-0.25, -0.2) is 0 Å². The summed E-state index contributed by atoms with van der Waals surface area (Å²) in [5.41, 5.74) is 1.11. The molecule has 1 atom stereocenters. The molecule has 1 unspecified atom stereocenters. The van der Waals surface area contributed by atoms with Crippen LogP contribution in [0.25, 0.3) is 0 Å². The Morgan fingerprint density at radius 1 is 1.13 bits per heavy atom. The number of carbonyl (C=O) groups is 1. The van der Waals surface area contributed by atoms with Gasteiger partial charge in [0.25, 0.3) is 0 Å². The topological polar surface area (TPSA) is 80.2 Å². The third-order valence-electron chi connectivity index (χ3n) is 6.41. The number of nitrogens with zero attached hydrogens (tertiary/aromatic N) is 3. The number of aliphatic hydroxyl groups is 1. The van der Waals surface area contributed by atoms with Gasteiger partial charge in [-0.3, -0.25) is 14.7 Å². The minimum absolute atomic E-state index is 0.00198. The molecule has 1 aromatic rings. The number of hydrogen-bond donors (Lipinski definition) is 3. The maximum atomic E-state index is 12.6. The Morgan fingerprint density at radius 3 is 2.48 bits per heavy atom. The molecule has 1 amide bonds. The number of nitrogens with one attached hydrogen (secondary N) is 2. The van der Waals surface area contributed by atoms with Crippen molar-refractivity contribution in [2.45, 2.75) is 38.5 Å². The first-order valence-corrected chi connectivity index (χ1v) is 11.9. The summed E-state index contributed by atoms with van der Waals surface area (Å²) >= 11 is 0. The molecule has 1 saturated carbocycles. The Balaban J connectivity index is 1.40. The molecule has 0 radical (unpaired) electrons. The van der Waals surface area contributed by atoms with Crippen molar-refractivity contribution in [3.8, 4) is 0 Å². The summed E-state index contributed by atoms with van der Waals surface area (Å²) in [6.45, 7) is 8.77. The third kappa shape index (κ3) is 7.21. The van der Waals surface area contributed by atoms with Crippen LogP contribution in [-0.4, -0.2) is 85.7 Å². The molecule has 1 aliphatic carbocycles. The van der Waals surface area contributed by atoms with Gasteiger partial charge in [0, 0.05) is 57.6 Å². The van der Waals surface area contributed by atoms with Crippen LogP contribution in [0.1, 0.15) is 44.1 Å². The van der Waals surface area contributed by atoms with Crippen LogP contribution < -0.4 is 10.6 Å². The van der Waals surface area contributed by atoms with E-state index in [1.54, 1.807) is 0 Å². The Labute approximate surface area is 186 Å². The van der Waals surface area contributed by atoms with E-state index in [-0.39, 0.29) is 18.4 Å². The fourth-order valence-electron chi connectivity index (χ4n) is 4.49. The van der Waals surface area contributed by atoms with Crippen molar-refractivity contribution in [1.29, 1.82) is 0 Å². The molecule has 1 saturated heterocycles. The zero-order valence-corrected chi connectivity index (χ0v) is 18.9. The van der Waals surface area contributed by atoms with Gasteiger partial charge in [0.2, 0.25) is 5.91 Å². The van der Waals surface area contributed by atoms with Gasteiger partial charge < -0.3 is 20.6 Å². The van der Waals surface area contributed by atoms with E-state index in [4.69, 9.17) is 0 Å². The molecule has 0 spiro atoms. The molecule has 2 fully saturated rings. The second-order valence-electron chi connectivity index (χ2n) is 8.58. The highest BCUT2D eigenvalue weighted by Crippen LogP contribution is 2.26. The quantitative estimate of drug-likeness (QED) is 0.411. The van der Waals surface area contributed by atoms with Crippen LogP contribution in [0.2, 0.25) is 0 Å². The van der Waals surface area contributed by atoms with Crippen LogP contribution in [0.15, 0.2) is 35.3 Å². The van der Waals surface area contributed by atoms with E-state index in [0.29, 0.717) is 12.5 Å². The Morgan fingerprint density at radius 2 is 1.84 bits per heavy atom. The number of rotatable bonds is 9. The average molecular weight is 430 g/mol. The second kappa shape index (κ2) is 12.7. The Bertz CT molecular complexity index is 682. The van der Waals surface area contributed by atoms with E-state index in [0.717, 1.165) is 70.2 Å². The van der Waals surface area contributed by atoms with Crippen molar-refractivity contribution in [3.05, 3.63) is 35.9 Å². The van der Waals surface area contributed by atoms with Crippen LogP contribution in [0.4, 0.5) is 0 Å². The van der Waals surface area contributed by atoms with Crippen molar-refractivity contribution in [2.75, 3.05) is 59.0 Å². The van der Waals surface area contributed by atoms with Gasteiger partial charge in [0.1, 0.15) is 0 Å². The Kier molecular flexibility index (Phi) is 9.62. The summed E-state index contributed by atoms with van der Waals surface area (Å²) in [6, 6.07) is 10.0. The number of piperazine rings is 1. The first-order valence-electron chi connectivity index (χ1n) is 11.9. The molecular weight excluding hydrogens is 390 g/mol. The number of aliphatic imine (C=N–C) groups is 1. The van der Waals surface area contributed by atoms with E-state index in [1.165, 1.54) is 12.8 Å². The van der Waals surface area contributed by atoms with Gasteiger partial charge in [-0.1, -0.05) is 43.2 Å². The fourth-order valence-corrected chi connectivity index (χ4v) is 4.49. The van der Waals surface area contributed by atoms with Crippen LogP contribution in [0.3, 0.4) is 0 Å². The SMILES string of the molecule is CCNC(=NCC(CO)c1ccccc1)NCCN1CCN(C(=O)C2CCCC2)CC1. The van der Waals surface area contributed by atoms with Gasteiger partial charge in [-0.2, -0.15) is 0 Å². The summed E-state index contributed by atoms with van der Waals surface area (Å²) in [7, 11) is 0. The van der Waals surface area contributed by atoms with E-state index in [1.807, 2.05) is 30.3 Å². The molecule has 1 heterocycles. The minimum atomic E-state index is 0.00198. The molecular formula is C24H39N5O2. The monoisotopic (exact) mass is 429 g/mol. The predicted molar refractivity (Wildman–Crippen MR) is 125 cm³/mol. The van der Waals surface area contributed by atoms with E-state index in [9.17, 15) is 9.90 Å². The molecule has 0 bridgehead atoms. The van der Waals surface area contributed by atoms with Gasteiger partial charge >= 0.3 is 0 Å². The molecule has 2 aliphatic rings. The highest BCUT2D eigenvalue weighted by atomic mass is 16.3. The molecule has 7 nitrogen and oxygen atoms in total. The van der Waals surface area contributed by atoms with E-state index in [2.05, 4.69) is 32.3 Å². The normalized spacial score (nSPS) is 19.4. The van der Waals surface area contributed by atoms with Gasteiger partial charge in [-0.15, -0.1) is 0 Å². The zero-order valence-electron chi connectivity index (χ0n) is 18.9. The average Bonchev–Trinajstić information content (AvgIpc) is 3.35. The maximum absolute atomic E-state index is 12.6. The van der Waals surface area contributed by atoms with E-state index >= 15 is 0 Å². The molecule has 172 valence electrons. The smallest absolute Gasteiger partial charge is 0.225 e. The van der Waals surface area contributed by atoms with Crippen LogP contribution in [0.5, 0.6) is 0 Å². The molecule has 3 N–H and O–H groups in total. The molecule has 0 aromatic heterocycles. The lowest BCUT2D eigenvalue weighted by Crippen LogP contribution is -2.51. The lowest BCUT2D eigenvalue weighted by molar-refractivity contribution is -0.137. The zero-order chi connectivity index (χ0) is 21.9. The number of amides is 1. The number of aliphatic hydroxyl groups excluding tert-OH is 1. The molecule has 1 aromatic carbocycles. The largest absolute Gasteiger partial charge is 0.396 e. The molecule has 7 heteroatoms. The van der Waals surface area contributed by atoms with Gasteiger partial charge in [-0.05, 0) is 25.3 Å². The summed E-state index contributed by atoms with van der Waals surface area (Å²) < 4.78 is 0. The van der Waals surface area contributed by atoms with Crippen molar-refractivity contribution >= 4 is 11.9 Å². The van der Waals surface area contributed by atoms with E-state index < -0.39 is 0 Å². The lowest BCUT2D eigenvalue weighted by Gasteiger charge is -2.36. The highest BCUT2D eigenvalue weighted by Gasteiger charge is 2.29. The number of guanidine groups is 1. The first-order chi connectivity index (χ1) is 15.2. The van der Waals surface area contributed by atoms with Gasteiger partial charge in [0.05, 0.1) is 13.2 Å². The van der Waals surface area contributed by atoms with Gasteiger partial charge in [0.15, 0.2) is 5.96 Å². The number of carbonyl (C=O) groups excluding carboxylic acids is 1. The molecule has 3 rings (SSSR count). The summed E-state index contributed by atoms with van der Waals surface area (Å²) in [6.07, 6.45) is 4.58. The molecule has 1 aliphatic heterocycles. The summed E-state index contributed by atoms with van der Waals surface area (Å²) in [4.78, 5) is 21.8. The standard InChI is InChI=1S/C24H39N5O2/c1-2-25-24(27-18-22(19-30)20-8-4-3-5-9-20)26-12-13-28-14-16-29(17-15-28)23(31)21-10-6-7-11-21/h3-5,8-9,21-22,30H,2,6-7,10-19H2,1H3,(H2,25,26,27). The first kappa shape index (κ1) is 23.5. The van der Waals surface area contributed by atoms with Crippen molar-refractivity contribution in [2.24, 2.45) is 10.9 Å². The van der Waals surface area contributed by atoms with Crippen molar-refractivity contribution < 1.29 is 9.90 Å². The second-order valence-corrected chi connectivity index (χ2v) is 8.58. The fraction of sp³-hybridized carbons (Fsp3) is 0.667. The van der Waals surface area contributed by atoms with Crippen molar-refractivity contribution in [3.63, 3.8) is 0 Å². The van der Waals surface area contributed by atoms with Crippen LogP contribution in [0, 0.1) is 5.92 Å². The minimum Gasteiger partial charge on any atom is -0.396 e. The number of hydrogen-bond acceptors (Lipinski definition) is 4. The van der Waals surface area contributed by atoms with Crippen LogP contribution in [-0.2, 0) is 4.79 Å². The molecule has 31 heavy (non-hydrogen) atoms. The highest BCUT2D eigenvalue weighted by molar-refractivity contribution is 5.80. The summed E-state index contributed by atoms with van der Waals surface area (Å²) in [5.74, 6) is 1.45. The van der Waals surface area contributed by atoms with Crippen LogP contribution >= 0.6 is 0 Å². The Hall–Kier alpha value is -2.12. The third-order valence-corrected chi connectivity index (χ3v) is 6.41. The van der Waals surface area contributed by atoms with Crippen molar-refractivity contribution in [1.82, 2.24) is 20.4 Å². The predicted octanol–water partition coefficient (Wildman–Crippen LogP) is 1.65. The lowest BCUT2D eigenvalue weighted by atomic mass is 10.0. The summed E-state index contributed by atoms with van der Waals surface area (Å²) in [5, 5.41) is 16.5. The maximum Gasteiger partial charge on any atom is 0.225 e.